The Balaban J connectivity index is 1.95. The Morgan fingerprint density at radius 1 is 1.19 bits per heavy atom. The third kappa shape index (κ3) is 2.75. The number of rotatable bonds is 2. The molecule has 2 aliphatic rings. The second-order valence-electron chi connectivity index (χ2n) is 5.28. The summed E-state index contributed by atoms with van der Waals surface area (Å²) >= 11 is 0. The SMILES string of the molecule is CN1CCCN(C2CCCC2)CC1CC#N. The molecule has 2 fully saturated rings. The number of likely N-dealkylation sites (N-methyl/N-ethyl adjacent to an activating group) is 1. The first kappa shape index (κ1) is 11.9. The molecule has 1 unspecified atom stereocenters. The van der Waals surface area contributed by atoms with Crippen molar-refractivity contribution in [3.05, 3.63) is 0 Å². The fourth-order valence-electron chi connectivity index (χ4n) is 3.13. The van der Waals surface area contributed by atoms with E-state index in [0.717, 1.165) is 19.1 Å². The summed E-state index contributed by atoms with van der Waals surface area (Å²) in [5.74, 6) is 0. The summed E-state index contributed by atoms with van der Waals surface area (Å²) in [4.78, 5) is 5.02. The Morgan fingerprint density at radius 2 is 1.94 bits per heavy atom. The highest BCUT2D eigenvalue weighted by molar-refractivity contribution is 4.89. The van der Waals surface area contributed by atoms with Gasteiger partial charge in [0.05, 0.1) is 12.5 Å². The molecule has 0 aromatic heterocycles. The molecule has 1 aliphatic heterocycles. The maximum absolute atomic E-state index is 8.88. The molecule has 3 heteroatoms. The highest BCUT2D eigenvalue weighted by atomic mass is 15.2. The zero-order valence-electron chi connectivity index (χ0n) is 10.4. The van der Waals surface area contributed by atoms with Crippen molar-refractivity contribution in [1.82, 2.24) is 9.80 Å². The monoisotopic (exact) mass is 221 g/mol. The zero-order chi connectivity index (χ0) is 11.4. The molecule has 2 rings (SSSR count). The number of hydrogen-bond acceptors (Lipinski definition) is 3. The fourth-order valence-corrected chi connectivity index (χ4v) is 3.13. The van der Waals surface area contributed by atoms with Crippen LogP contribution in [0.2, 0.25) is 0 Å². The lowest BCUT2D eigenvalue weighted by atomic mass is 10.1. The zero-order valence-corrected chi connectivity index (χ0v) is 10.4. The standard InChI is InChI=1S/C13H23N3/c1-15-9-4-10-16(11-13(15)7-8-14)12-5-2-3-6-12/h12-13H,2-7,9-11H2,1H3. The molecular weight excluding hydrogens is 198 g/mol. The van der Waals surface area contributed by atoms with Crippen molar-refractivity contribution in [3.8, 4) is 6.07 Å². The minimum atomic E-state index is 0.452. The highest BCUT2D eigenvalue weighted by Gasteiger charge is 2.28. The molecule has 1 heterocycles. The lowest BCUT2D eigenvalue weighted by molar-refractivity contribution is 0.168. The molecule has 90 valence electrons. The van der Waals surface area contributed by atoms with Gasteiger partial charge in [0.2, 0.25) is 0 Å². The van der Waals surface area contributed by atoms with Gasteiger partial charge in [0.15, 0.2) is 0 Å². The molecule has 0 aromatic carbocycles. The molecule has 16 heavy (non-hydrogen) atoms. The second kappa shape index (κ2) is 5.65. The van der Waals surface area contributed by atoms with Gasteiger partial charge in [0, 0.05) is 18.6 Å². The van der Waals surface area contributed by atoms with Gasteiger partial charge in [-0.3, -0.25) is 4.90 Å². The van der Waals surface area contributed by atoms with E-state index in [1.54, 1.807) is 0 Å². The van der Waals surface area contributed by atoms with Gasteiger partial charge in [-0.2, -0.15) is 5.26 Å². The highest BCUT2D eigenvalue weighted by Crippen LogP contribution is 2.25. The summed E-state index contributed by atoms with van der Waals surface area (Å²) < 4.78 is 0. The molecule has 0 radical (unpaired) electrons. The third-order valence-electron chi connectivity index (χ3n) is 4.19. The molecule has 1 saturated carbocycles. The van der Waals surface area contributed by atoms with E-state index in [2.05, 4.69) is 22.9 Å². The molecule has 0 aromatic rings. The van der Waals surface area contributed by atoms with Crippen LogP contribution >= 0.6 is 0 Å². The minimum Gasteiger partial charge on any atom is -0.301 e. The van der Waals surface area contributed by atoms with Gasteiger partial charge < -0.3 is 4.90 Å². The summed E-state index contributed by atoms with van der Waals surface area (Å²) in [5, 5.41) is 8.88. The van der Waals surface area contributed by atoms with E-state index in [9.17, 15) is 0 Å². The van der Waals surface area contributed by atoms with Gasteiger partial charge in [0.25, 0.3) is 0 Å². The first-order valence-corrected chi connectivity index (χ1v) is 6.62. The van der Waals surface area contributed by atoms with E-state index in [4.69, 9.17) is 5.26 Å². The van der Waals surface area contributed by atoms with Crippen LogP contribution in [-0.4, -0.2) is 48.6 Å². The van der Waals surface area contributed by atoms with E-state index >= 15 is 0 Å². The van der Waals surface area contributed by atoms with E-state index < -0.39 is 0 Å². The lowest BCUT2D eigenvalue weighted by Gasteiger charge is -2.31. The second-order valence-corrected chi connectivity index (χ2v) is 5.28. The molecule has 3 nitrogen and oxygen atoms in total. The number of nitrogens with zero attached hydrogens (tertiary/aromatic N) is 3. The molecule has 1 atom stereocenters. The summed E-state index contributed by atoms with van der Waals surface area (Å²) in [5.41, 5.74) is 0. The number of hydrogen-bond donors (Lipinski definition) is 0. The molecule has 0 bridgehead atoms. The topological polar surface area (TPSA) is 30.3 Å². The van der Waals surface area contributed by atoms with Gasteiger partial charge in [-0.25, -0.2) is 0 Å². The van der Waals surface area contributed by atoms with Gasteiger partial charge in [-0.15, -0.1) is 0 Å². The normalized spacial score (nSPS) is 30.1. The van der Waals surface area contributed by atoms with Crippen molar-refractivity contribution in [1.29, 1.82) is 5.26 Å². The summed E-state index contributed by atoms with van der Waals surface area (Å²) in [6, 6.07) is 3.60. The molecule has 0 spiro atoms. The van der Waals surface area contributed by atoms with Gasteiger partial charge in [-0.1, -0.05) is 12.8 Å². The van der Waals surface area contributed by atoms with E-state index in [0.29, 0.717) is 12.5 Å². The van der Waals surface area contributed by atoms with Crippen LogP contribution in [0.25, 0.3) is 0 Å². The van der Waals surface area contributed by atoms with Gasteiger partial charge >= 0.3 is 0 Å². The van der Waals surface area contributed by atoms with Crippen LogP contribution in [0.4, 0.5) is 0 Å². The Bertz CT molecular complexity index is 252. The van der Waals surface area contributed by atoms with Crippen LogP contribution in [0.3, 0.4) is 0 Å². The van der Waals surface area contributed by atoms with Crippen LogP contribution in [0, 0.1) is 11.3 Å². The number of nitriles is 1. The van der Waals surface area contributed by atoms with Gasteiger partial charge in [-0.05, 0) is 39.4 Å². The fraction of sp³-hybridized carbons (Fsp3) is 0.923. The molecule has 1 aliphatic carbocycles. The average Bonchev–Trinajstić information content (AvgIpc) is 2.74. The third-order valence-corrected chi connectivity index (χ3v) is 4.19. The summed E-state index contributed by atoms with van der Waals surface area (Å²) in [6.07, 6.45) is 7.50. The van der Waals surface area contributed by atoms with E-state index in [1.807, 2.05) is 0 Å². The van der Waals surface area contributed by atoms with Crippen molar-refractivity contribution in [2.75, 3.05) is 26.7 Å². The van der Waals surface area contributed by atoms with Crippen LogP contribution in [0.15, 0.2) is 0 Å². The summed E-state index contributed by atoms with van der Waals surface area (Å²) in [6.45, 7) is 3.49. The van der Waals surface area contributed by atoms with Crippen LogP contribution < -0.4 is 0 Å². The minimum absolute atomic E-state index is 0.452. The molecule has 0 N–H and O–H groups in total. The van der Waals surface area contributed by atoms with Crippen molar-refractivity contribution in [3.63, 3.8) is 0 Å². The predicted octanol–water partition coefficient (Wildman–Crippen LogP) is 1.85. The Labute approximate surface area is 99.0 Å². The summed E-state index contributed by atoms with van der Waals surface area (Å²) in [7, 11) is 2.17. The maximum Gasteiger partial charge on any atom is 0.0638 e. The lowest BCUT2D eigenvalue weighted by Crippen LogP contribution is -2.42. The van der Waals surface area contributed by atoms with Crippen LogP contribution in [0.1, 0.15) is 38.5 Å². The van der Waals surface area contributed by atoms with E-state index in [-0.39, 0.29) is 0 Å². The molecule has 0 amide bonds. The predicted molar refractivity (Wildman–Crippen MR) is 65.1 cm³/mol. The van der Waals surface area contributed by atoms with Crippen LogP contribution in [-0.2, 0) is 0 Å². The smallest absolute Gasteiger partial charge is 0.0638 e. The molecular formula is C13H23N3. The van der Waals surface area contributed by atoms with Gasteiger partial charge in [0.1, 0.15) is 0 Å². The van der Waals surface area contributed by atoms with Crippen molar-refractivity contribution >= 4 is 0 Å². The first-order valence-electron chi connectivity index (χ1n) is 6.62. The Morgan fingerprint density at radius 3 is 2.62 bits per heavy atom. The quantitative estimate of drug-likeness (QED) is 0.713. The molecule has 1 saturated heterocycles. The van der Waals surface area contributed by atoms with Crippen molar-refractivity contribution < 1.29 is 0 Å². The maximum atomic E-state index is 8.88. The van der Waals surface area contributed by atoms with Crippen LogP contribution in [0.5, 0.6) is 0 Å². The van der Waals surface area contributed by atoms with Crippen molar-refractivity contribution in [2.45, 2.75) is 50.6 Å². The largest absolute Gasteiger partial charge is 0.301 e. The van der Waals surface area contributed by atoms with E-state index in [1.165, 1.54) is 38.6 Å². The van der Waals surface area contributed by atoms with Crippen molar-refractivity contribution in [2.24, 2.45) is 0 Å². The average molecular weight is 221 g/mol. The first-order chi connectivity index (χ1) is 7.81. The Hall–Kier alpha value is -0.590. The Kier molecular flexibility index (Phi) is 4.20.